The zero-order valence-corrected chi connectivity index (χ0v) is 13.9. The fraction of sp³-hybridized carbons (Fsp3) is 0.118. The number of hydrogen-bond donors (Lipinski definition) is 2. The average molecular weight is 343 g/mol. The van der Waals surface area contributed by atoms with E-state index in [0.717, 1.165) is 5.56 Å². The Morgan fingerprint density at radius 3 is 2.67 bits per heavy atom. The van der Waals surface area contributed by atoms with Gasteiger partial charge in [0.25, 0.3) is 5.91 Å². The first kappa shape index (κ1) is 16.0. The molecule has 1 amide bonds. The molecule has 2 N–H and O–H groups in total. The van der Waals surface area contributed by atoms with Crippen molar-refractivity contribution in [3.8, 4) is 0 Å². The van der Waals surface area contributed by atoms with E-state index < -0.39 is 0 Å². The van der Waals surface area contributed by atoms with Crippen LogP contribution in [-0.2, 0) is 0 Å². The maximum Gasteiger partial charge on any atom is 0.274 e. The summed E-state index contributed by atoms with van der Waals surface area (Å²) in [6.07, 6.45) is 1.55. The maximum absolute atomic E-state index is 12.3. The van der Waals surface area contributed by atoms with Crippen molar-refractivity contribution in [3.05, 3.63) is 64.6 Å². The Morgan fingerprint density at radius 1 is 1.12 bits per heavy atom. The highest BCUT2D eigenvalue weighted by Gasteiger charge is 2.10. The first-order chi connectivity index (χ1) is 11.5. The zero-order chi connectivity index (χ0) is 17.1. The summed E-state index contributed by atoms with van der Waals surface area (Å²) in [7, 11) is 0. The molecule has 0 aliphatic rings. The highest BCUT2D eigenvalue weighted by atomic mass is 35.5. The molecule has 2 aromatic heterocycles. The van der Waals surface area contributed by atoms with Crippen molar-refractivity contribution in [2.75, 3.05) is 10.6 Å². The summed E-state index contributed by atoms with van der Waals surface area (Å²) in [5.74, 6) is 0.936. The third kappa shape index (κ3) is 3.72. The summed E-state index contributed by atoms with van der Waals surface area (Å²) in [6, 6.07) is 10.5. The number of aromatic nitrogens is 2. The van der Waals surface area contributed by atoms with Gasteiger partial charge in [0.05, 0.1) is 0 Å². The van der Waals surface area contributed by atoms with Crippen LogP contribution in [0, 0.1) is 13.8 Å². The molecule has 122 valence electrons. The standard InChI is InChI=1S/C17H15ClN4O2/c1-10-3-4-12(8-14(10)18)21-17(23)15-9-13(5-6-19-15)20-16-7-11(2)24-22-16/h3-9H,1-2H3,(H,21,23)(H,19,20,22). The average Bonchev–Trinajstić information content (AvgIpc) is 2.96. The fourth-order valence-electron chi connectivity index (χ4n) is 2.07. The number of aryl methyl sites for hydroxylation is 2. The van der Waals surface area contributed by atoms with Crippen LogP contribution in [0.3, 0.4) is 0 Å². The number of nitrogens with one attached hydrogen (secondary N) is 2. The molecule has 0 aliphatic heterocycles. The van der Waals surface area contributed by atoms with E-state index in [1.165, 1.54) is 0 Å². The number of carbonyl (C=O) groups is 1. The predicted octanol–water partition coefficient (Wildman–Crippen LogP) is 4.34. The highest BCUT2D eigenvalue weighted by molar-refractivity contribution is 6.31. The smallest absolute Gasteiger partial charge is 0.274 e. The molecule has 3 rings (SSSR count). The summed E-state index contributed by atoms with van der Waals surface area (Å²) >= 11 is 6.07. The van der Waals surface area contributed by atoms with Crippen LogP contribution >= 0.6 is 11.6 Å². The van der Waals surface area contributed by atoms with Crippen molar-refractivity contribution in [2.24, 2.45) is 0 Å². The number of amides is 1. The van der Waals surface area contributed by atoms with Gasteiger partial charge >= 0.3 is 0 Å². The van der Waals surface area contributed by atoms with Crippen molar-refractivity contribution in [1.29, 1.82) is 0 Å². The second-order valence-electron chi connectivity index (χ2n) is 5.30. The Labute approximate surface area is 143 Å². The van der Waals surface area contributed by atoms with E-state index in [1.807, 2.05) is 13.0 Å². The molecule has 0 saturated carbocycles. The number of hydrogen-bond acceptors (Lipinski definition) is 5. The highest BCUT2D eigenvalue weighted by Crippen LogP contribution is 2.21. The van der Waals surface area contributed by atoms with Gasteiger partial charge < -0.3 is 15.2 Å². The van der Waals surface area contributed by atoms with Crippen LogP contribution < -0.4 is 10.6 Å². The molecule has 1 aromatic carbocycles. The molecule has 2 heterocycles. The van der Waals surface area contributed by atoms with Crippen LogP contribution in [0.5, 0.6) is 0 Å². The lowest BCUT2D eigenvalue weighted by atomic mass is 10.2. The zero-order valence-electron chi connectivity index (χ0n) is 13.1. The fourth-order valence-corrected chi connectivity index (χ4v) is 2.25. The first-order valence-electron chi connectivity index (χ1n) is 7.25. The quantitative estimate of drug-likeness (QED) is 0.737. The molecule has 0 radical (unpaired) electrons. The Balaban J connectivity index is 1.75. The molecular formula is C17H15ClN4O2. The number of nitrogens with zero attached hydrogens (tertiary/aromatic N) is 2. The molecule has 0 bridgehead atoms. The van der Waals surface area contributed by atoms with E-state index in [4.69, 9.17) is 16.1 Å². The number of benzene rings is 1. The van der Waals surface area contributed by atoms with Crippen molar-refractivity contribution >= 4 is 34.7 Å². The summed E-state index contributed by atoms with van der Waals surface area (Å²) in [4.78, 5) is 16.4. The van der Waals surface area contributed by atoms with Crippen LogP contribution in [0.1, 0.15) is 21.8 Å². The second-order valence-corrected chi connectivity index (χ2v) is 5.70. The minimum absolute atomic E-state index is 0.275. The molecule has 7 heteroatoms. The van der Waals surface area contributed by atoms with Crippen LogP contribution in [0.25, 0.3) is 0 Å². The Bertz CT molecular complexity index is 892. The Morgan fingerprint density at radius 2 is 1.96 bits per heavy atom. The summed E-state index contributed by atoms with van der Waals surface area (Å²) in [6.45, 7) is 3.70. The lowest BCUT2D eigenvalue weighted by Gasteiger charge is -2.08. The lowest BCUT2D eigenvalue weighted by molar-refractivity contribution is 0.102. The minimum atomic E-state index is -0.324. The molecular weight excluding hydrogens is 328 g/mol. The van der Waals surface area contributed by atoms with Crippen molar-refractivity contribution in [1.82, 2.24) is 10.1 Å². The molecule has 24 heavy (non-hydrogen) atoms. The Hall–Kier alpha value is -2.86. The third-order valence-electron chi connectivity index (χ3n) is 3.32. The van der Waals surface area contributed by atoms with E-state index in [9.17, 15) is 4.79 Å². The topological polar surface area (TPSA) is 80.0 Å². The predicted molar refractivity (Wildman–Crippen MR) is 92.9 cm³/mol. The number of rotatable bonds is 4. The van der Waals surface area contributed by atoms with Gasteiger partial charge in [-0.3, -0.25) is 9.78 Å². The van der Waals surface area contributed by atoms with E-state index in [-0.39, 0.29) is 11.6 Å². The van der Waals surface area contributed by atoms with Gasteiger partial charge in [-0.25, -0.2) is 0 Å². The van der Waals surface area contributed by atoms with Gasteiger partial charge in [0.1, 0.15) is 11.5 Å². The SMILES string of the molecule is Cc1cc(Nc2ccnc(C(=O)Nc3ccc(C)c(Cl)c3)c2)no1. The third-order valence-corrected chi connectivity index (χ3v) is 3.73. The van der Waals surface area contributed by atoms with Gasteiger partial charge in [0.2, 0.25) is 0 Å². The molecule has 0 atom stereocenters. The van der Waals surface area contributed by atoms with E-state index in [0.29, 0.717) is 28.0 Å². The van der Waals surface area contributed by atoms with Gasteiger partial charge in [-0.15, -0.1) is 0 Å². The van der Waals surface area contributed by atoms with Crippen molar-refractivity contribution < 1.29 is 9.32 Å². The van der Waals surface area contributed by atoms with Gasteiger partial charge in [-0.2, -0.15) is 0 Å². The summed E-state index contributed by atoms with van der Waals surface area (Å²) in [5, 5.41) is 10.3. The van der Waals surface area contributed by atoms with Crippen LogP contribution in [-0.4, -0.2) is 16.0 Å². The van der Waals surface area contributed by atoms with Gasteiger partial charge in [-0.05, 0) is 43.7 Å². The summed E-state index contributed by atoms with van der Waals surface area (Å²) < 4.78 is 4.99. The van der Waals surface area contributed by atoms with Crippen molar-refractivity contribution in [2.45, 2.75) is 13.8 Å². The van der Waals surface area contributed by atoms with Crippen LogP contribution in [0.2, 0.25) is 5.02 Å². The van der Waals surface area contributed by atoms with E-state index in [2.05, 4.69) is 20.8 Å². The van der Waals surface area contributed by atoms with Crippen LogP contribution in [0.4, 0.5) is 17.2 Å². The van der Waals surface area contributed by atoms with Gasteiger partial charge in [-0.1, -0.05) is 22.8 Å². The number of anilines is 3. The molecule has 3 aromatic rings. The van der Waals surface area contributed by atoms with Gasteiger partial charge in [0, 0.05) is 28.7 Å². The molecule has 0 saturated heterocycles. The molecule has 6 nitrogen and oxygen atoms in total. The maximum atomic E-state index is 12.3. The van der Waals surface area contributed by atoms with Gasteiger partial charge in [0.15, 0.2) is 5.82 Å². The Kier molecular flexibility index (Phi) is 4.48. The lowest BCUT2D eigenvalue weighted by Crippen LogP contribution is -2.13. The molecule has 0 unspecified atom stereocenters. The molecule has 0 aliphatic carbocycles. The first-order valence-corrected chi connectivity index (χ1v) is 7.63. The molecule has 0 spiro atoms. The normalized spacial score (nSPS) is 10.5. The number of carbonyl (C=O) groups excluding carboxylic acids is 1. The van der Waals surface area contributed by atoms with Crippen LogP contribution in [0.15, 0.2) is 47.1 Å². The van der Waals surface area contributed by atoms with E-state index >= 15 is 0 Å². The minimum Gasteiger partial charge on any atom is -0.360 e. The van der Waals surface area contributed by atoms with Crippen molar-refractivity contribution in [3.63, 3.8) is 0 Å². The molecule has 0 fully saturated rings. The summed E-state index contributed by atoms with van der Waals surface area (Å²) in [5.41, 5.74) is 2.52. The largest absolute Gasteiger partial charge is 0.360 e. The number of halogens is 1. The number of pyridine rings is 1. The monoisotopic (exact) mass is 342 g/mol. The van der Waals surface area contributed by atoms with E-state index in [1.54, 1.807) is 43.5 Å². The second kappa shape index (κ2) is 6.72.